The number of primary amides is 1. The van der Waals surface area contributed by atoms with Crippen LogP contribution in [0.3, 0.4) is 0 Å². The second-order valence-corrected chi connectivity index (χ2v) is 14.1. The van der Waals surface area contributed by atoms with Crippen molar-refractivity contribution in [2.75, 3.05) is 12.8 Å². The third kappa shape index (κ3) is 7.81. The summed E-state index contributed by atoms with van der Waals surface area (Å²) in [5.41, 5.74) is 10.7. The lowest BCUT2D eigenvalue weighted by atomic mass is 9.99. The molecule has 3 aromatic carbocycles. The second-order valence-electron chi connectivity index (χ2n) is 12.1. The van der Waals surface area contributed by atoms with E-state index in [2.05, 4.69) is 16.7 Å². The number of nitrogens with zero attached hydrogens (tertiary/aromatic N) is 3. The number of rotatable bonds is 14. The first-order valence-electron chi connectivity index (χ1n) is 15.8. The monoisotopic (exact) mass is 681 g/mol. The van der Waals surface area contributed by atoms with Gasteiger partial charge >= 0.3 is 0 Å². The van der Waals surface area contributed by atoms with E-state index in [1.807, 2.05) is 44.2 Å². The summed E-state index contributed by atoms with van der Waals surface area (Å²) in [4.78, 5) is 46.4. The molecule has 2 atom stereocenters. The molecule has 49 heavy (non-hydrogen) atoms. The van der Waals surface area contributed by atoms with Crippen LogP contribution < -0.4 is 5.73 Å². The van der Waals surface area contributed by atoms with Crippen LogP contribution >= 0.6 is 0 Å². The van der Waals surface area contributed by atoms with Crippen LogP contribution in [0.5, 0.6) is 0 Å². The van der Waals surface area contributed by atoms with Gasteiger partial charge in [-0.05, 0) is 49.6 Å². The molecule has 0 unspecified atom stereocenters. The number of nitrogens with two attached hydrogens (primary N) is 1. The minimum Gasteiger partial charge on any atom is -0.368 e. The average molecular weight is 682 g/mol. The van der Waals surface area contributed by atoms with E-state index in [4.69, 9.17) is 10.3 Å². The molecular formula is C37H39N5O6S. The first-order valence-corrected chi connectivity index (χ1v) is 17.4. The van der Waals surface area contributed by atoms with Crippen molar-refractivity contribution in [3.8, 4) is 11.3 Å². The Balaban J connectivity index is 1.60. The van der Waals surface area contributed by atoms with Gasteiger partial charge in [-0.1, -0.05) is 70.9 Å². The molecular weight excluding hydrogens is 643 g/mol. The summed E-state index contributed by atoms with van der Waals surface area (Å²) in [5, 5.41) is 4.50. The molecule has 2 aromatic heterocycles. The molecule has 5 aromatic rings. The molecule has 0 bridgehead atoms. The summed E-state index contributed by atoms with van der Waals surface area (Å²) < 4.78 is 34.0. The van der Waals surface area contributed by atoms with E-state index < -0.39 is 45.6 Å². The van der Waals surface area contributed by atoms with Crippen LogP contribution in [0.1, 0.15) is 39.0 Å². The molecule has 5 rings (SSSR count). The Hall–Kier alpha value is -5.49. The summed E-state index contributed by atoms with van der Waals surface area (Å²) in [7, 11) is -2.99. The molecule has 11 nitrogen and oxygen atoms in total. The summed E-state index contributed by atoms with van der Waals surface area (Å²) in [5.74, 6) is -2.39. The van der Waals surface area contributed by atoms with Gasteiger partial charge in [-0.25, -0.2) is 12.7 Å². The number of aryl methyl sites for hydroxylation is 2. The number of carbonyl (C=O) groups is 3. The largest absolute Gasteiger partial charge is 0.368 e. The van der Waals surface area contributed by atoms with Crippen LogP contribution in [0.25, 0.3) is 22.2 Å². The zero-order valence-electron chi connectivity index (χ0n) is 27.6. The summed E-state index contributed by atoms with van der Waals surface area (Å²) in [6.45, 7) is 7.35. The van der Waals surface area contributed by atoms with Crippen LogP contribution in [-0.2, 0) is 32.5 Å². The number of benzene rings is 3. The van der Waals surface area contributed by atoms with Gasteiger partial charge in [0, 0.05) is 54.2 Å². The third-order valence-corrected chi connectivity index (χ3v) is 10.2. The van der Waals surface area contributed by atoms with E-state index in [0.717, 1.165) is 27.6 Å². The van der Waals surface area contributed by atoms with Crippen LogP contribution in [0.2, 0.25) is 0 Å². The third-order valence-electron chi connectivity index (χ3n) is 8.44. The van der Waals surface area contributed by atoms with Crippen LogP contribution in [0.4, 0.5) is 0 Å². The molecule has 254 valence electrons. The molecule has 0 saturated heterocycles. The topological polar surface area (TPSA) is 160 Å². The Bertz CT molecular complexity index is 2070. The number of sulfonamides is 1. The van der Waals surface area contributed by atoms with E-state index >= 15 is 0 Å². The van der Waals surface area contributed by atoms with E-state index in [1.165, 1.54) is 24.2 Å². The van der Waals surface area contributed by atoms with E-state index in [1.54, 1.807) is 48.7 Å². The minimum atomic E-state index is -4.45. The van der Waals surface area contributed by atoms with Crippen molar-refractivity contribution < 1.29 is 27.3 Å². The highest BCUT2D eigenvalue weighted by atomic mass is 32.2. The molecule has 0 aliphatic rings. The van der Waals surface area contributed by atoms with Crippen molar-refractivity contribution in [3.63, 3.8) is 0 Å². The Morgan fingerprint density at radius 2 is 1.67 bits per heavy atom. The SMILES string of the molecule is C=CCCS(=O)(=O)N(C(=O)[C@H](Cc1ccc(-c2ccno2)cc1)N(C)C(=O)c1cc(C)cc(C)c1)[C@@H](Cc1c[nH]c2ccccc12)C(N)=O. The fraction of sp³-hybridized carbons (Fsp3) is 0.243. The van der Waals surface area contributed by atoms with E-state index in [0.29, 0.717) is 26.8 Å². The minimum absolute atomic E-state index is 0.0236. The molecule has 3 amide bonds. The maximum Gasteiger partial charge on any atom is 0.259 e. The summed E-state index contributed by atoms with van der Waals surface area (Å²) >= 11 is 0. The number of aromatic nitrogens is 2. The molecule has 12 heteroatoms. The molecule has 0 saturated carbocycles. The molecule has 0 radical (unpaired) electrons. The summed E-state index contributed by atoms with van der Waals surface area (Å²) in [6.07, 6.45) is 4.40. The number of likely N-dealkylation sites (N-methyl/N-ethyl adjacent to an activating group) is 1. The zero-order chi connectivity index (χ0) is 35.3. The fourth-order valence-electron chi connectivity index (χ4n) is 6.00. The Morgan fingerprint density at radius 3 is 2.31 bits per heavy atom. The van der Waals surface area contributed by atoms with Gasteiger partial charge in [0.2, 0.25) is 15.9 Å². The highest BCUT2D eigenvalue weighted by Gasteiger charge is 2.43. The number of para-hydroxylation sites is 1. The molecule has 3 N–H and O–H groups in total. The predicted octanol–water partition coefficient (Wildman–Crippen LogP) is 4.95. The number of fused-ring (bicyclic) bond motifs is 1. The molecule has 2 heterocycles. The van der Waals surface area contributed by atoms with Crippen molar-refractivity contribution in [3.05, 3.63) is 126 Å². The van der Waals surface area contributed by atoms with Crippen LogP contribution in [0.15, 0.2) is 102 Å². The van der Waals surface area contributed by atoms with Crippen molar-refractivity contribution in [2.24, 2.45) is 5.73 Å². The van der Waals surface area contributed by atoms with E-state index in [-0.39, 0.29) is 19.3 Å². The normalized spacial score (nSPS) is 12.7. The number of H-pyrrole nitrogens is 1. The highest BCUT2D eigenvalue weighted by Crippen LogP contribution is 2.26. The van der Waals surface area contributed by atoms with Gasteiger partial charge in [-0.3, -0.25) is 14.4 Å². The van der Waals surface area contributed by atoms with Gasteiger partial charge in [-0.2, -0.15) is 0 Å². The van der Waals surface area contributed by atoms with Gasteiger partial charge in [0.15, 0.2) is 5.76 Å². The number of allylic oxidation sites excluding steroid dienone is 1. The quantitative estimate of drug-likeness (QED) is 0.157. The number of hydrogen-bond acceptors (Lipinski definition) is 7. The number of carbonyl (C=O) groups excluding carboxylic acids is 3. The first-order chi connectivity index (χ1) is 23.4. The van der Waals surface area contributed by atoms with Crippen molar-refractivity contribution in [2.45, 2.75) is 45.2 Å². The van der Waals surface area contributed by atoms with Crippen molar-refractivity contribution >= 4 is 38.6 Å². The lowest BCUT2D eigenvalue weighted by molar-refractivity contribution is -0.137. The lowest BCUT2D eigenvalue weighted by Crippen LogP contribution is -2.59. The van der Waals surface area contributed by atoms with Gasteiger partial charge < -0.3 is 20.1 Å². The van der Waals surface area contributed by atoms with E-state index in [9.17, 15) is 22.8 Å². The number of hydrogen-bond donors (Lipinski definition) is 2. The maximum absolute atomic E-state index is 14.8. The standard InChI is InChI=1S/C37H39N5O6S/c1-5-6-17-49(46,47)42(32(35(38)43)22-29-23-39-31-10-8-7-9-30(29)31)37(45)33(41(4)36(44)28-19-24(2)18-25(3)20-28)21-26-11-13-27(14-12-26)34-15-16-40-48-34/h5,7-16,18-20,23,32-33,39H,1,6,17,21-22H2,2-4H3,(H2,38,43)/t32-,33-/m0/s1. The molecule has 0 fully saturated rings. The maximum atomic E-state index is 14.8. The van der Waals surface area contributed by atoms with Crippen LogP contribution in [-0.4, -0.2) is 70.4 Å². The van der Waals surface area contributed by atoms with Gasteiger partial charge in [0.1, 0.15) is 12.1 Å². The Labute approximate surface area is 285 Å². The Kier molecular flexibility index (Phi) is 10.5. The fourth-order valence-corrected chi connectivity index (χ4v) is 7.62. The number of aromatic amines is 1. The second kappa shape index (κ2) is 14.7. The van der Waals surface area contributed by atoms with Crippen molar-refractivity contribution in [1.82, 2.24) is 19.3 Å². The van der Waals surface area contributed by atoms with Crippen molar-refractivity contribution in [1.29, 1.82) is 0 Å². The number of amides is 3. The summed E-state index contributed by atoms with van der Waals surface area (Å²) in [6, 6.07) is 18.6. The van der Waals surface area contributed by atoms with Gasteiger partial charge in [-0.15, -0.1) is 6.58 Å². The van der Waals surface area contributed by atoms with Gasteiger partial charge in [0.25, 0.3) is 11.8 Å². The Morgan fingerprint density at radius 1 is 0.980 bits per heavy atom. The average Bonchev–Trinajstić information content (AvgIpc) is 3.76. The molecule has 0 spiro atoms. The lowest BCUT2D eigenvalue weighted by Gasteiger charge is -2.35. The highest BCUT2D eigenvalue weighted by molar-refractivity contribution is 7.89. The van der Waals surface area contributed by atoms with Gasteiger partial charge in [0.05, 0.1) is 11.9 Å². The number of nitrogens with one attached hydrogen (secondary N) is 1. The van der Waals surface area contributed by atoms with Crippen LogP contribution in [0, 0.1) is 13.8 Å². The zero-order valence-corrected chi connectivity index (χ0v) is 28.4. The smallest absolute Gasteiger partial charge is 0.259 e. The molecule has 0 aliphatic heterocycles. The predicted molar refractivity (Wildman–Crippen MR) is 188 cm³/mol. The molecule has 0 aliphatic carbocycles. The first kappa shape index (κ1) is 34.8.